The zero-order chi connectivity index (χ0) is 42.0. The molecule has 0 bridgehead atoms. The molecule has 0 aliphatic carbocycles. The normalized spacial score (nSPS) is 14.3. The first-order chi connectivity index (χ1) is 27.6. The summed E-state index contributed by atoms with van der Waals surface area (Å²) in [6.07, 6.45) is 50.9. The van der Waals surface area contributed by atoms with E-state index >= 15 is 0 Å². The number of quaternary nitrogens is 1. The fourth-order valence-electron chi connectivity index (χ4n) is 6.04. The maximum Gasteiger partial charge on any atom is 0.306 e. The third-order valence-electron chi connectivity index (χ3n) is 9.58. The monoisotopic (exact) mass is 822 g/mol. The summed E-state index contributed by atoms with van der Waals surface area (Å²) in [5, 5.41) is 0. The summed E-state index contributed by atoms with van der Waals surface area (Å²) < 4.78 is 34.6. The highest BCUT2D eigenvalue weighted by Crippen LogP contribution is 2.38. The minimum atomic E-state index is -4.54. The average molecular weight is 822 g/mol. The van der Waals surface area contributed by atoms with Gasteiger partial charge in [0.15, 0.2) is 0 Å². The van der Waals surface area contributed by atoms with Crippen molar-refractivity contribution < 1.29 is 37.3 Å². The van der Waals surface area contributed by atoms with E-state index in [4.69, 9.17) is 18.5 Å². The Morgan fingerprint density at radius 3 is 1.51 bits per heavy atom. The fraction of sp³-hybridized carbons (Fsp3) is 0.771. The Hall–Kier alpha value is -1.80. The van der Waals surface area contributed by atoms with E-state index in [0.717, 1.165) is 64.2 Å². The molecule has 0 amide bonds. The molecule has 0 saturated heterocycles. The third kappa shape index (κ3) is 45.1. The molecule has 0 radical (unpaired) electrons. The van der Waals surface area contributed by atoms with E-state index in [1.807, 2.05) is 21.1 Å². The number of unbranched alkanes of at least 4 members (excludes halogenated alkanes) is 18. The fourth-order valence-corrected chi connectivity index (χ4v) is 6.77. The predicted molar refractivity (Wildman–Crippen MR) is 240 cm³/mol. The van der Waals surface area contributed by atoms with Crippen molar-refractivity contribution in [2.45, 2.75) is 187 Å². The zero-order valence-corrected chi connectivity index (χ0v) is 38.4. The third-order valence-corrected chi connectivity index (χ3v) is 10.5. The molecule has 0 aliphatic rings. The van der Waals surface area contributed by atoms with Crippen LogP contribution in [0.5, 0.6) is 0 Å². The van der Waals surface area contributed by atoms with E-state index in [2.05, 4.69) is 74.6 Å². The van der Waals surface area contributed by atoms with Gasteiger partial charge in [0.1, 0.15) is 19.3 Å². The van der Waals surface area contributed by atoms with E-state index in [1.54, 1.807) is 0 Å². The first-order valence-electron chi connectivity index (χ1n) is 23.0. The van der Waals surface area contributed by atoms with Crippen molar-refractivity contribution in [1.82, 2.24) is 0 Å². The molecule has 2 atom stereocenters. The van der Waals surface area contributed by atoms with Gasteiger partial charge in [0.25, 0.3) is 7.82 Å². The lowest BCUT2D eigenvalue weighted by Crippen LogP contribution is -2.37. The van der Waals surface area contributed by atoms with Crippen LogP contribution in [0.25, 0.3) is 0 Å². The molecule has 2 unspecified atom stereocenters. The highest BCUT2D eigenvalue weighted by atomic mass is 31.2. The molecule has 0 spiro atoms. The van der Waals surface area contributed by atoms with Crippen molar-refractivity contribution in [2.24, 2.45) is 0 Å². The SMILES string of the molecule is CC/C=C\C/C=C\C/C=C\C/C=C\C/C=C\CCCCCC(=O)OC(COCCCCCCCCCCCCCCCCCC)COP(=O)([O-])OCC[N+](C)(C)C. The number of nitrogens with zero attached hydrogens (tertiary/aromatic N) is 1. The Bertz CT molecular complexity index is 1090. The number of rotatable bonds is 42. The minimum Gasteiger partial charge on any atom is -0.756 e. The standard InChI is InChI=1S/C48H88NO7P/c1-6-8-10-12-14-16-18-20-22-24-25-26-27-29-31-33-35-37-39-41-48(50)56-47(46-55-57(51,52)54-44-42-49(3,4)5)45-53-43-40-38-36-34-32-30-28-23-21-19-17-15-13-11-9-7-2/h8,10,14,16,20,22,25-26,29,31,47H,6-7,9,11-13,15,17-19,21,23-24,27-28,30,32-46H2,1-5H3/b10-8-,16-14-,22-20-,26-25-,31-29-. The summed E-state index contributed by atoms with van der Waals surface area (Å²) in [5.74, 6) is -0.365. The second-order valence-corrected chi connectivity index (χ2v) is 17.8. The molecule has 0 fully saturated rings. The smallest absolute Gasteiger partial charge is 0.306 e. The molecule has 57 heavy (non-hydrogen) atoms. The molecular weight excluding hydrogens is 734 g/mol. The number of phosphoric ester groups is 1. The summed E-state index contributed by atoms with van der Waals surface area (Å²) >= 11 is 0. The Labute approximate surface area is 351 Å². The molecule has 332 valence electrons. The molecule has 0 heterocycles. The van der Waals surface area contributed by atoms with Crippen molar-refractivity contribution in [3.63, 3.8) is 0 Å². The minimum absolute atomic E-state index is 0.0180. The maximum absolute atomic E-state index is 12.7. The van der Waals surface area contributed by atoms with Crippen LogP contribution < -0.4 is 4.89 Å². The summed E-state index contributed by atoms with van der Waals surface area (Å²) in [4.78, 5) is 25.1. The van der Waals surface area contributed by atoms with Gasteiger partial charge in [0.05, 0.1) is 34.4 Å². The topological polar surface area (TPSA) is 94.1 Å². The maximum atomic E-state index is 12.7. The van der Waals surface area contributed by atoms with Crippen molar-refractivity contribution in [3.8, 4) is 0 Å². The first-order valence-corrected chi connectivity index (χ1v) is 24.5. The van der Waals surface area contributed by atoms with Gasteiger partial charge in [0.2, 0.25) is 0 Å². The second kappa shape index (κ2) is 41.0. The molecule has 0 saturated carbocycles. The van der Waals surface area contributed by atoms with Crippen molar-refractivity contribution in [1.29, 1.82) is 0 Å². The molecule has 0 aromatic carbocycles. The van der Waals surface area contributed by atoms with Gasteiger partial charge in [-0.05, 0) is 57.8 Å². The molecule has 0 N–H and O–H groups in total. The number of esters is 1. The number of allylic oxidation sites excluding steroid dienone is 10. The van der Waals surface area contributed by atoms with Gasteiger partial charge in [-0.2, -0.15) is 0 Å². The number of hydrogen-bond acceptors (Lipinski definition) is 7. The zero-order valence-electron chi connectivity index (χ0n) is 37.5. The lowest BCUT2D eigenvalue weighted by atomic mass is 10.0. The van der Waals surface area contributed by atoms with E-state index in [0.29, 0.717) is 24.1 Å². The lowest BCUT2D eigenvalue weighted by Gasteiger charge is -2.28. The van der Waals surface area contributed by atoms with Crippen molar-refractivity contribution in [2.75, 3.05) is 54.1 Å². The molecule has 0 rings (SSSR count). The molecule has 0 aliphatic heterocycles. The number of carbonyl (C=O) groups excluding carboxylic acids is 1. The van der Waals surface area contributed by atoms with Gasteiger partial charge < -0.3 is 27.9 Å². The molecule has 8 nitrogen and oxygen atoms in total. The van der Waals surface area contributed by atoms with E-state index < -0.39 is 13.9 Å². The van der Waals surface area contributed by atoms with Crippen LogP contribution in [0.4, 0.5) is 0 Å². The van der Waals surface area contributed by atoms with Gasteiger partial charge >= 0.3 is 5.97 Å². The summed E-state index contributed by atoms with van der Waals surface area (Å²) in [6, 6.07) is 0. The van der Waals surface area contributed by atoms with Gasteiger partial charge in [-0.1, -0.05) is 177 Å². The molecule has 0 aromatic rings. The van der Waals surface area contributed by atoms with Crippen LogP contribution in [-0.4, -0.2) is 70.7 Å². The molecule has 0 aromatic heterocycles. The number of phosphoric acid groups is 1. The number of hydrogen-bond donors (Lipinski definition) is 0. The molecular formula is C48H88NO7P. The van der Waals surface area contributed by atoms with Crippen LogP contribution in [0, 0.1) is 0 Å². The van der Waals surface area contributed by atoms with Gasteiger partial charge in [-0.3, -0.25) is 9.36 Å². The molecule has 9 heteroatoms. The second-order valence-electron chi connectivity index (χ2n) is 16.4. The van der Waals surface area contributed by atoms with E-state index in [1.165, 1.54) is 89.9 Å². The number of ether oxygens (including phenoxy) is 2. The van der Waals surface area contributed by atoms with Crippen LogP contribution >= 0.6 is 7.82 Å². The Kier molecular flexibility index (Phi) is 39.7. The van der Waals surface area contributed by atoms with Gasteiger partial charge in [-0.15, -0.1) is 0 Å². The number of likely N-dealkylation sites (N-methyl/N-ethyl adjacent to an activating group) is 1. The quantitative estimate of drug-likeness (QED) is 0.0199. The predicted octanol–water partition coefficient (Wildman–Crippen LogP) is 13.1. The summed E-state index contributed by atoms with van der Waals surface area (Å²) in [7, 11) is 1.33. The highest BCUT2D eigenvalue weighted by molar-refractivity contribution is 7.45. The van der Waals surface area contributed by atoms with Crippen LogP contribution in [0.15, 0.2) is 60.8 Å². The average Bonchev–Trinajstić information content (AvgIpc) is 3.16. The Morgan fingerprint density at radius 2 is 1.02 bits per heavy atom. The van der Waals surface area contributed by atoms with E-state index in [9.17, 15) is 14.3 Å². The van der Waals surface area contributed by atoms with Crippen LogP contribution in [0.3, 0.4) is 0 Å². The van der Waals surface area contributed by atoms with Crippen LogP contribution in [-0.2, 0) is 27.9 Å². The summed E-state index contributed by atoms with van der Waals surface area (Å²) in [6.45, 7) is 5.26. The van der Waals surface area contributed by atoms with Gasteiger partial charge in [-0.25, -0.2) is 0 Å². The first kappa shape index (κ1) is 55.2. The van der Waals surface area contributed by atoms with Crippen LogP contribution in [0.2, 0.25) is 0 Å². The van der Waals surface area contributed by atoms with Crippen molar-refractivity contribution >= 4 is 13.8 Å². The Morgan fingerprint density at radius 1 is 0.561 bits per heavy atom. The Balaban J connectivity index is 4.28. The summed E-state index contributed by atoms with van der Waals surface area (Å²) in [5.41, 5.74) is 0. The van der Waals surface area contributed by atoms with Crippen LogP contribution in [0.1, 0.15) is 181 Å². The highest BCUT2D eigenvalue weighted by Gasteiger charge is 2.20. The largest absolute Gasteiger partial charge is 0.756 e. The van der Waals surface area contributed by atoms with E-state index in [-0.39, 0.29) is 32.2 Å². The van der Waals surface area contributed by atoms with Crippen molar-refractivity contribution in [3.05, 3.63) is 60.8 Å². The number of carbonyl (C=O) groups is 1. The van der Waals surface area contributed by atoms with Gasteiger partial charge in [0, 0.05) is 13.0 Å². The lowest BCUT2D eigenvalue weighted by molar-refractivity contribution is -0.870.